The number of amides is 1. The van der Waals surface area contributed by atoms with E-state index < -0.39 is 6.10 Å². The van der Waals surface area contributed by atoms with Crippen LogP contribution in [0.15, 0.2) is 65.1 Å². The van der Waals surface area contributed by atoms with Crippen molar-refractivity contribution >= 4 is 27.5 Å². The number of carbonyl (C=O) groups excluding carboxylic acids is 1. The van der Waals surface area contributed by atoms with Gasteiger partial charge >= 0.3 is 0 Å². The van der Waals surface area contributed by atoms with Crippen molar-refractivity contribution in [1.29, 1.82) is 0 Å². The number of furan rings is 1. The molecule has 0 aliphatic heterocycles. The minimum absolute atomic E-state index is 0.195. The van der Waals surface area contributed by atoms with Crippen molar-refractivity contribution in [2.45, 2.75) is 26.5 Å². The Bertz CT molecular complexity index is 1080. The van der Waals surface area contributed by atoms with Crippen LogP contribution in [0.5, 0.6) is 5.75 Å². The summed E-state index contributed by atoms with van der Waals surface area (Å²) >= 11 is 1.58. The number of aryl methyl sites for hydroxylation is 1. The van der Waals surface area contributed by atoms with Gasteiger partial charge in [0.15, 0.2) is 16.9 Å². The zero-order chi connectivity index (χ0) is 19.5. The predicted molar refractivity (Wildman–Crippen MR) is 110 cm³/mol. The quantitative estimate of drug-likeness (QED) is 0.504. The van der Waals surface area contributed by atoms with Crippen LogP contribution in [0.25, 0.3) is 21.0 Å². The van der Waals surface area contributed by atoms with E-state index in [-0.39, 0.29) is 5.91 Å². The van der Waals surface area contributed by atoms with E-state index in [9.17, 15) is 4.79 Å². The number of ether oxygens (including phenoxy) is 1. The highest BCUT2D eigenvalue weighted by Gasteiger charge is 2.16. The number of rotatable bonds is 6. The Kier molecular flexibility index (Phi) is 5.12. The topological polar surface area (TPSA) is 64.4 Å². The molecule has 5 nitrogen and oxygen atoms in total. The van der Waals surface area contributed by atoms with Gasteiger partial charge in [0.2, 0.25) is 0 Å². The summed E-state index contributed by atoms with van der Waals surface area (Å²) in [7, 11) is 0. The number of para-hydroxylation sites is 1. The van der Waals surface area contributed by atoms with Crippen LogP contribution in [0.2, 0.25) is 0 Å². The van der Waals surface area contributed by atoms with Gasteiger partial charge in [-0.2, -0.15) is 0 Å². The van der Waals surface area contributed by atoms with Crippen LogP contribution in [-0.4, -0.2) is 17.0 Å². The first-order valence-electron chi connectivity index (χ1n) is 9.04. The van der Waals surface area contributed by atoms with Crippen molar-refractivity contribution in [2.24, 2.45) is 0 Å². The van der Waals surface area contributed by atoms with Crippen LogP contribution < -0.4 is 10.1 Å². The molecular weight excluding hydrogens is 372 g/mol. The maximum absolute atomic E-state index is 12.3. The van der Waals surface area contributed by atoms with Gasteiger partial charge in [-0.15, -0.1) is 11.3 Å². The van der Waals surface area contributed by atoms with E-state index in [2.05, 4.69) is 10.3 Å². The van der Waals surface area contributed by atoms with Gasteiger partial charge in [0.1, 0.15) is 11.5 Å². The average molecular weight is 392 g/mol. The summed E-state index contributed by atoms with van der Waals surface area (Å²) in [6, 6.07) is 19.3. The van der Waals surface area contributed by atoms with E-state index in [1.54, 1.807) is 18.3 Å². The molecule has 2 aromatic heterocycles. The monoisotopic (exact) mass is 392 g/mol. The largest absolute Gasteiger partial charge is 0.481 e. The fourth-order valence-electron chi connectivity index (χ4n) is 2.83. The molecule has 0 saturated carbocycles. The molecule has 0 fully saturated rings. The molecule has 0 spiro atoms. The van der Waals surface area contributed by atoms with Crippen LogP contribution in [0.4, 0.5) is 0 Å². The molecule has 2 aromatic carbocycles. The van der Waals surface area contributed by atoms with Gasteiger partial charge in [0.25, 0.3) is 5.91 Å². The van der Waals surface area contributed by atoms with Crippen LogP contribution >= 0.6 is 11.3 Å². The molecule has 0 aliphatic carbocycles. The average Bonchev–Trinajstić information content (AvgIpc) is 3.32. The second-order valence-corrected chi connectivity index (χ2v) is 7.58. The van der Waals surface area contributed by atoms with Crippen molar-refractivity contribution in [3.8, 4) is 16.5 Å². The molecule has 2 heterocycles. The summed E-state index contributed by atoms with van der Waals surface area (Å²) in [5.74, 6) is 1.86. The summed E-state index contributed by atoms with van der Waals surface area (Å²) < 4.78 is 12.7. The highest BCUT2D eigenvalue weighted by atomic mass is 32.1. The van der Waals surface area contributed by atoms with Gasteiger partial charge in [0, 0.05) is 0 Å². The van der Waals surface area contributed by atoms with Gasteiger partial charge < -0.3 is 14.5 Å². The van der Waals surface area contributed by atoms with Crippen LogP contribution in [-0.2, 0) is 11.3 Å². The maximum Gasteiger partial charge on any atom is 0.261 e. The highest BCUT2D eigenvalue weighted by molar-refractivity contribution is 7.21. The third-order valence-corrected chi connectivity index (χ3v) is 5.33. The Morgan fingerprint density at radius 2 is 2.04 bits per heavy atom. The molecule has 0 saturated heterocycles. The SMILES string of the molecule is Cc1cccc(OC(C)C(=O)NCc2ccc(-c3nc4ccccc4s3)o2)c1. The second kappa shape index (κ2) is 7.86. The number of aromatic nitrogens is 1. The molecule has 1 N–H and O–H groups in total. The summed E-state index contributed by atoms with van der Waals surface area (Å²) in [5, 5.41) is 3.68. The molecule has 1 amide bonds. The van der Waals surface area contributed by atoms with Gasteiger partial charge in [-0.1, -0.05) is 24.3 Å². The minimum Gasteiger partial charge on any atom is -0.481 e. The zero-order valence-electron chi connectivity index (χ0n) is 15.6. The number of benzene rings is 2. The lowest BCUT2D eigenvalue weighted by Crippen LogP contribution is -2.35. The second-order valence-electron chi connectivity index (χ2n) is 6.55. The Morgan fingerprint density at radius 1 is 1.18 bits per heavy atom. The summed E-state index contributed by atoms with van der Waals surface area (Å²) in [6.45, 7) is 4.01. The molecule has 1 atom stereocenters. The molecule has 0 radical (unpaired) electrons. The van der Waals surface area contributed by atoms with Crippen LogP contribution in [0.1, 0.15) is 18.2 Å². The molecule has 28 heavy (non-hydrogen) atoms. The molecular formula is C22H20N2O3S. The van der Waals surface area contributed by atoms with Gasteiger partial charge in [-0.3, -0.25) is 4.79 Å². The number of carbonyl (C=O) groups is 1. The molecule has 1 unspecified atom stereocenters. The van der Waals surface area contributed by atoms with Crippen LogP contribution in [0.3, 0.4) is 0 Å². The fourth-order valence-corrected chi connectivity index (χ4v) is 3.76. The number of thiazole rings is 1. The minimum atomic E-state index is -0.597. The Balaban J connectivity index is 1.36. The summed E-state index contributed by atoms with van der Waals surface area (Å²) in [5.41, 5.74) is 2.04. The van der Waals surface area contributed by atoms with Crippen molar-refractivity contribution in [3.05, 3.63) is 72.0 Å². The lowest BCUT2D eigenvalue weighted by Gasteiger charge is -2.14. The lowest BCUT2D eigenvalue weighted by atomic mass is 10.2. The van der Waals surface area contributed by atoms with Gasteiger partial charge in [0.05, 0.1) is 16.8 Å². The first-order chi connectivity index (χ1) is 13.6. The van der Waals surface area contributed by atoms with E-state index in [4.69, 9.17) is 9.15 Å². The van der Waals surface area contributed by atoms with E-state index in [1.807, 2.05) is 67.6 Å². The predicted octanol–water partition coefficient (Wildman–Crippen LogP) is 4.95. The molecule has 142 valence electrons. The maximum atomic E-state index is 12.3. The number of hydrogen-bond acceptors (Lipinski definition) is 5. The zero-order valence-corrected chi connectivity index (χ0v) is 16.5. The molecule has 4 aromatic rings. The fraction of sp³-hybridized carbons (Fsp3) is 0.182. The van der Waals surface area contributed by atoms with Crippen molar-refractivity contribution in [2.75, 3.05) is 0 Å². The van der Waals surface area contributed by atoms with E-state index in [0.29, 0.717) is 23.8 Å². The summed E-state index contributed by atoms with van der Waals surface area (Å²) in [6.07, 6.45) is -0.597. The van der Waals surface area contributed by atoms with E-state index >= 15 is 0 Å². The Hall–Kier alpha value is -3.12. The van der Waals surface area contributed by atoms with Gasteiger partial charge in [-0.05, 0) is 55.8 Å². The number of fused-ring (bicyclic) bond motifs is 1. The highest BCUT2D eigenvalue weighted by Crippen LogP contribution is 2.31. The normalized spacial score (nSPS) is 12.1. The lowest BCUT2D eigenvalue weighted by molar-refractivity contribution is -0.127. The first-order valence-corrected chi connectivity index (χ1v) is 9.86. The number of hydrogen-bond donors (Lipinski definition) is 1. The number of nitrogens with zero attached hydrogens (tertiary/aromatic N) is 1. The third-order valence-electron chi connectivity index (χ3n) is 4.27. The molecule has 6 heteroatoms. The number of nitrogens with one attached hydrogen (secondary N) is 1. The third kappa shape index (κ3) is 4.07. The smallest absolute Gasteiger partial charge is 0.261 e. The van der Waals surface area contributed by atoms with E-state index in [1.165, 1.54) is 0 Å². The molecule has 4 rings (SSSR count). The van der Waals surface area contributed by atoms with Crippen molar-refractivity contribution < 1.29 is 13.9 Å². The van der Waals surface area contributed by atoms with Crippen molar-refractivity contribution in [3.63, 3.8) is 0 Å². The first kappa shape index (κ1) is 18.3. The Morgan fingerprint density at radius 3 is 2.86 bits per heavy atom. The van der Waals surface area contributed by atoms with Crippen molar-refractivity contribution in [1.82, 2.24) is 10.3 Å². The Labute approximate surface area is 167 Å². The van der Waals surface area contributed by atoms with E-state index in [0.717, 1.165) is 20.8 Å². The summed E-state index contributed by atoms with van der Waals surface area (Å²) in [4.78, 5) is 16.9. The van der Waals surface area contributed by atoms with Crippen LogP contribution in [0, 0.1) is 6.92 Å². The standard InChI is InChI=1S/C22H20N2O3S/c1-14-6-5-7-16(12-14)26-15(2)21(25)23-13-17-10-11-19(27-17)22-24-18-8-3-4-9-20(18)28-22/h3-12,15H,13H2,1-2H3,(H,23,25). The molecule has 0 aliphatic rings. The molecule has 0 bridgehead atoms. The van der Waals surface area contributed by atoms with Gasteiger partial charge in [-0.25, -0.2) is 4.98 Å².